The zero-order valence-electron chi connectivity index (χ0n) is 12.0. The van der Waals surface area contributed by atoms with Crippen LogP contribution >= 0.6 is 0 Å². The summed E-state index contributed by atoms with van der Waals surface area (Å²) in [5.74, 6) is 2.48. The van der Waals surface area contributed by atoms with Crippen molar-refractivity contribution in [3.8, 4) is 0 Å². The van der Waals surface area contributed by atoms with Crippen molar-refractivity contribution in [1.82, 2.24) is 0 Å². The smallest absolute Gasteiger partial charge is 0.126 e. The summed E-state index contributed by atoms with van der Waals surface area (Å²) in [6, 6.07) is 0. The van der Waals surface area contributed by atoms with E-state index in [0.717, 1.165) is 24.7 Å². The van der Waals surface area contributed by atoms with Gasteiger partial charge in [0.2, 0.25) is 0 Å². The molecule has 0 amide bonds. The molecular formula is C16H29FO. The van der Waals surface area contributed by atoms with Crippen LogP contribution in [0.4, 0.5) is 4.39 Å². The molecule has 3 unspecified atom stereocenters. The minimum absolute atomic E-state index is 0.128. The maximum Gasteiger partial charge on any atom is 0.126 e. The van der Waals surface area contributed by atoms with Crippen LogP contribution in [0.3, 0.4) is 0 Å². The van der Waals surface area contributed by atoms with E-state index in [1.807, 2.05) is 0 Å². The average molecular weight is 256 g/mol. The maximum absolute atomic E-state index is 13.8. The molecule has 18 heavy (non-hydrogen) atoms. The molecule has 0 aromatic heterocycles. The molecule has 2 saturated carbocycles. The van der Waals surface area contributed by atoms with Crippen molar-refractivity contribution in [2.75, 3.05) is 7.11 Å². The molecule has 0 aromatic carbocycles. The minimum atomic E-state index is -0.722. The summed E-state index contributed by atoms with van der Waals surface area (Å²) in [4.78, 5) is 0. The van der Waals surface area contributed by atoms with Crippen molar-refractivity contribution in [3.05, 3.63) is 0 Å². The molecule has 2 rings (SSSR count). The molecule has 3 atom stereocenters. The molecule has 1 nitrogen and oxygen atoms in total. The lowest BCUT2D eigenvalue weighted by molar-refractivity contribution is -0.0112. The van der Waals surface area contributed by atoms with Crippen LogP contribution in [0.25, 0.3) is 0 Å². The van der Waals surface area contributed by atoms with E-state index in [4.69, 9.17) is 4.74 Å². The summed E-state index contributed by atoms with van der Waals surface area (Å²) in [5, 5.41) is 0. The Morgan fingerprint density at radius 1 is 0.944 bits per heavy atom. The van der Waals surface area contributed by atoms with E-state index in [1.54, 1.807) is 7.11 Å². The van der Waals surface area contributed by atoms with Gasteiger partial charge < -0.3 is 4.74 Å². The Morgan fingerprint density at radius 2 is 1.56 bits per heavy atom. The van der Waals surface area contributed by atoms with Gasteiger partial charge in [0.1, 0.15) is 6.17 Å². The number of methoxy groups -OCH3 is 1. The molecule has 0 heterocycles. The third-order valence-electron chi connectivity index (χ3n) is 5.24. The van der Waals surface area contributed by atoms with Crippen molar-refractivity contribution in [3.63, 3.8) is 0 Å². The first-order valence-electron chi connectivity index (χ1n) is 7.86. The van der Waals surface area contributed by atoms with Crippen molar-refractivity contribution in [1.29, 1.82) is 0 Å². The van der Waals surface area contributed by atoms with Gasteiger partial charge in [0, 0.05) is 7.11 Å². The molecule has 0 spiro atoms. The van der Waals surface area contributed by atoms with Crippen molar-refractivity contribution >= 4 is 0 Å². The number of ether oxygens (including phenoxy) is 1. The molecule has 2 aliphatic carbocycles. The standard InChI is InChI=1S/C16H29FO/c1-12-3-5-13(6-4-12)7-8-14-9-10-16(18-2)15(17)11-14/h12-16H,3-11H2,1-2H3. The second-order valence-electron chi connectivity index (χ2n) is 6.67. The fourth-order valence-electron chi connectivity index (χ4n) is 3.79. The van der Waals surface area contributed by atoms with Gasteiger partial charge >= 0.3 is 0 Å². The molecule has 2 aliphatic rings. The van der Waals surface area contributed by atoms with Gasteiger partial charge in [-0.2, -0.15) is 0 Å². The van der Waals surface area contributed by atoms with Crippen LogP contribution < -0.4 is 0 Å². The van der Waals surface area contributed by atoms with Crippen LogP contribution in [0, 0.1) is 17.8 Å². The van der Waals surface area contributed by atoms with E-state index < -0.39 is 6.17 Å². The molecule has 2 heteroatoms. The molecule has 0 N–H and O–H groups in total. The zero-order chi connectivity index (χ0) is 13.0. The third-order valence-corrected chi connectivity index (χ3v) is 5.24. The SMILES string of the molecule is COC1CCC(CCC2CCC(C)CC2)CC1F. The predicted octanol–water partition coefficient (Wildman–Crippen LogP) is 4.75. The molecule has 0 bridgehead atoms. The van der Waals surface area contributed by atoms with E-state index in [2.05, 4.69) is 6.92 Å². The van der Waals surface area contributed by atoms with Crippen molar-refractivity contribution < 1.29 is 9.13 Å². The Hall–Kier alpha value is -0.110. The lowest BCUT2D eigenvalue weighted by atomic mass is 9.77. The summed E-state index contributed by atoms with van der Waals surface area (Å²) in [7, 11) is 1.64. The number of hydrogen-bond donors (Lipinski definition) is 0. The van der Waals surface area contributed by atoms with E-state index in [-0.39, 0.29) is 6.10 Å². The summed E-state index contributed by atoms with van der Waals surface area (Å²) in [6.45, 7) is 2.37. The maximum atomic E-state index is 13.8. The van der Waals surface area contributed by atoms with Crippen LogP contribution in [-0.4, -0.2) is 19.4 Å². The highest BCUT2D eigenvalue weighted by Crippen LogP contribution is 2.36. The first-order valence-corrected chi connectivity index (χ1v) is 7.86. The van der Waals surface area contributed by atoms with Gasteiger partial charge in [0.15, 0.2) is 0 Å². The van der Waals surface area contributed by atoms with E-state index in [1.165, 1.54) is 44.9 Å². The molecule has 0 radical (unpaired) electrons. The molecular weight excluding hydrogens is 227 g/mol. The van der Waals surface area contributed by atoms with Gasteiger partial charge in [-0.15, -0.1) is 0 Å². The zero-order valence-corrected chi connectivity index (χ0v) is 12.0. The first kappa shape index (κ1) is 14.3. The lowest BCUT2D eigenvalue weighted by Crippen LogP contribution is -2.32. The van der Waals surface area contributed by atoms with Gasteiger partial charge in [0.05, 0.1) is 6.10 Å². The molecule has 106 valence electrons. The van der Waals surface area contributed by atoms with Crippen molar-refractivity contribution in [2.45, 2.75) is 77.0 Å². The van der Waals surface area contributed by atoms with Crippen molar-refractivity contribution in [2.24, 2.45) is 17.8 Å². The monoisotopic (exact) mass is 256 g/mol. The van der Waals surface area contributed by atoms with Gasteiger partial charge in [-0.25, -0.2) is 4.39 Å². The fourth-order valence-corrected chi connectivity index (χ4v) is 3.79. The summed E-state index contributed by atoms with van der Waals surface area (Å²) < 4.78 is 19.0. The quantitative estimate of drug-likeness (QED) is 0.705. The van der Waals surface area contributed by atoms with Crippen LogP contribution in [0.2, 0.25) is 0 Å². The van der Waals surface area contributed by atoms with E-state index in [0.29, 0.717) is 5.92 Å². The second kappa shape index (κ2) is 6.88. The highest BCUT2D eigenvalue weighted by atomic mass is 19.1. The number of hydrogen-bond acceptors (Lipinski definition) is 1. The molecule has 0 saturated heterocycles. The van der Waals surface area contributed by atoms with Gasteiger partial charge in [0.25, 0.3) is 0 Å². The number of rotatable bonds is 4. The normalized spacial score (nSPS) is 41.8. The van der Waals surface area contributed by atoms with Gasteiger partial charge in [-0.1, -0.05) is 45.4 Å². The van der Waals surface area contributed by atoms with Crippen LogP contribution in [0.1, 0.15) is 64.7 Å². The van der Waals surface area contributed by atoms with Crippen LogP contribution in [0.5, 0.6) is 0 Å². The Bertz CT molecular complexity index is 235. The highest BCUT2D eigenvalue weighted by molar-refractivity contribution is 4.81. The van der Waals surface area contributed by atoms with E-state index in [9.17, 15) is 4.39 Å². The first-order chi connectivity index (χ1) is 8.69. The Kier molecular flexibility index (Phi) is 5.47. The van der Waals surface area contributed by atoms with E-state index >= 15 is 0 Å². The molecule has 0 aliphatic heterocycles. The topological polar surface area (TPSA) is 9.23 Å². The summed E-state index contributed by atoms with van der Waals surface area (Å²) >= 11 is 0. The summed E-state index contributed by atoms with van der Waals surface area (Å²) in [6.07, 6.45) is 10.2. The highest BCUT2D eigenvalue weighted by Gasteiger charge is 2.30. The third kappa shape index (κ3) is 3.94. The molecule has 0 aromatic rings. The fraction of sp³-hybridized carbons (Fsp3) is 1.00. The molecule has 2 fully saturated rings. The van der Waals surface area contributed by atoms with Gasteiger partial charge in [-0.3, -0.25) is 0 Å². The van der Waals surface area contributed by atoms with Crippen LogP contribution in [0.15, 0.2) is 0 Å². The largest absolute Gasteiger partial charge is 0.378 e. The Labute approximate surface area is 111 Å². The van der Waals surface area contributed by atoms with Crippen LogP contribution in [-0.2, 0) is 4.74 Å². The Balaban J connectivity index is 1.65. The average Bonchev–Trinajstić information content (AvgIpc) is 2.38. The summed E-state index contributed by atoms with van der Waals surface area (Å²) in [5.41, 5.74) is 0. The lowest BCUT2D eigenvalue weighted by Gasteiger charge is -2.32. The number of alkyl halides is 1. The number of halogens is 1. The second-order valence-corrected chi connectivity index (χ2v) is 6.67. The Morgan fingerprint density at radius 3 is 2.17 bits per heavy atom. The minimum Gasteiger partial charge on any atom is -0.378 e. The predicted molar refractivity (Wildman–Crippen MR) is 73.4 cm³/mol. The van der Waals surface area contributed by atoms with Gasteiger partial charge in [-0.05, 0) is 37.0 Å².